The number of hydrogen-bond acceptors (Lipinski definition) is 3. The molecule has 0 saturated carbocycles. The molecule has 0 unspecified atom stereocenters. The van der Waals surface area contributed by atoms with E-state index in [0.717, 1.165) is 16.8 Å². The summed E-state index contributed by atoms with van der Waals surface area (Å²) in [5.41, 5.74) is 8.40. The van der Waals surface area contributed by atoms with Crippen LogP contribution < -0.4 is 5.73 Å². The van der Waals surface area contributed by atoms with Gasteiger partial charge in [-0.25, -0.2) is 0 Å². The maximum Gasteiger partial charge on any atom is 0.186 e. The van der Waals surface area contributed by atoms with Gasteiger partial charge in [-0.2, -0.15) is 0 Å². The molecular formula is C12H13NOS. The Kier molecular flexibility index (Phi) is 4.26. The topological polar surface area (TPSA) is 43.1 Å². The Balaban J connectivity index is 2.67. The number of carbonyl (C=O) groups excluding carboxylic acids is 1. The van der Waals surface area contributed by atoms with Crippen LogP contribution in [0, 0.1) is 18.8 Å². The smallest absolute Gasteiger partial charge is 0.186 e. The van der Waals surface area contributed by atoms with Gasteiger partial charge in [0.25, 0.3) is 0 Å². The van der Waals surface area contributed by atoms with Crippen molar-refractivity contribution in [2.75, 3.05) is 11.5 Å². The molecule has 0 heterocycles. The summed E-state index contributed by atoms with van der Waals surface area (Å²) in [7, 11) is 0. The molecule has 0 spiro atoms. The monoisotopic (exact) mass is 219 g/mol. The SMILES string of the molecule is CC(=O)SCC#Cc1cc(C)cc(N)c1. The predicted octanol–water partition coefficient (Wildman–Crippen LogP) is 2.21. The first kappa shape index (κ1) is 11.7. The molecule has 0 aromatic heterocycles. The van der Waals surface area contributed by atoms with Crippen molar-refractivity contribution < 1.29 is 4.79 Å². The predicted molar refractivity (Wildman–Crippen MR) is 65.6 cm³/mol. The van der Waals surface area contributed by atoms with Crippen LogP contribution in [0.2, 0.25) is 0 Å². The third-order valence-electron chi connectivity index (χ3n) is 1.68. The number of nitrogens with two attached hydrogens (primary N) is 1. The highest BCUT2D eigenvalue weighted by atomic mass is 32.2. The van der Waals surface area contributed by atoms with E-state index in [9.17, 15) is 4.79 Å². The number of hydrogen-bond donors (Lipinski definition) is 1. The molecule has 3 heteroatoms. The van der Waals surface area contributed by atoms with Gasteiger partial charge in [-0.3, -0.25) is 4.79 Å². The fourth-order valence-electron chi connectivity index (χ4n) is 1.16. The first-order chi connectivity index (χ1) is 7.08. The Labute approximate surface area is 94.2 Å². The fraction of sp³-hybridized carbons (Fsp3) is 0.250. The van der Waals surface area contributed by atoms with Crippen molar-refractivity contribution in [2.24, 2.45) is 0 Å². The van der Waals surface area contributed by atoms with Gasteiger partial charge in [0.05, 0.1) is 5.75 Å². The minimum atomic E-state index is 0.0908. The van der Waals surface area contributed by atoms with Gasteiger partial charge in [0.15, 0.2) is 5.12 Å². The highest BCUT2D eigenvalue weighted by Gasteiger charge is 1.92. The van der Waals surface area contributed by atoms with Gasteiger partial charge in [-0.15, -0.1) is 0 Å². The Morgan fingerprint density at radius 1 is 1.47 bits per heavy atom. The van der Waals surface area contributed by atoms with Crippen LogP contribution in [0.4, 0.5) is 5.69 Å². The molecule has 1 aromatic carbocycles. The van der Waals surface area contributed by atoms with E-state index in [1.54, 1.807) is 0 Å². The summed E-state index contributed by atoms with van der Waals surface area (Å²) in [4.78, 5) is 10.6. The van der Waals surface area contributed by atoms with Crippen LogP contribution in [0.1, 0.15) is 18.1 Å². The number of rotatable bonds is 1. The Morgan fingerprint density at radius 3 is 2.80 bits per heavy atom. The summed E-state index contributed by atoms with van der Waals surface area (Å²) >= 11 is 1.22. The van der Waals surface area contributed by atoms with Crippen molar-refractivity contribution in [1.82, 2.24) is 0 Å². The molecule has 0 saturated heterocycles. The van der Waals surface area contributed by atoms with Crippen LogP contribution in [0.3, 0.4) is 0 Å². The van der Waals surface area contributed by atoms with Crippen molar-refractivity contribution in [1.29, 1.82) is 0 Å². The molecule has 78 valence electrons. The second-order valence-electron chi connectivity index (χ2n) is 3.21. The Bertz CT molecular complexity index is 409. The molecule has 0 aliphatic carbocycles. The third kappa shape index (κ3) is 4.57. The van der Waals surface area contributed by atoms with E-state index in [2.05, 4.69) is 11.8 Å². The molecule has 0 radical (unpaired) electrons. The lowest BCUT2D eigenvalue weighted by Crippen LogP contribution is -1.88. The number of aryl methyl sites for hydroxylation is 1. The second-order valence-corrected chi connectivity index (χ2v) is 4.37. The van der Waals surface area contributed by atoms with Crippen LogP contribution in [0.25, 0.3) is 0 Å². The van der Waals surface area contributed by atoms with E-state index in [0.29, 0.717) is 5.75 Å². The van der Waals surface area contributed by atoms with Gasteiger partial charge in [0.2, 0.25) is 0 Å². The summed E-state index contributed by atoms with van der Waals surface area (Å²) in [5.74, 6) is 6.43. The first-order valence-corrected chi connectivity index (χ1v) is 5.56. The largest absolute Gasteiger partial charge is 0.399 e. The zero-order valence-electron chi connectivity index (χ0n) is 8.83. The molecular weight excluding hydrogens is 206 g/mol. The Hall–Kier alpha value is -1.40. The molecule has 1 rings (SSSR count). The van der Waals surface area contributed by atoms with Crippen molar-refractivity contribution >= 4 is 22.6 Å². The summed E-state index contributed by atoms with van der Waals surface area (Å²) < 4.78 is 0. The van der Waals surface area contributed by atoms with Gasteiger partial charge in [-0.05, 0) is 30.7 Å². The molecule has 1 aromatic rings. The van der Waals surface area contributed by atoms with Crippen LogP contribution in [0.15, 0.2) is 18.2 Å². The summed E-state index contributed by atoms with van der Waals surface area (Å²) in [6.45, 7) is 3.52. The molecule has 0 atom stereocenters. The second kappa shape index (κ2) is 5.47. The van der Waals surface area contributed by atoms with E-state index in [-0.39, 0.29) is 5.12 Å². The van der Waals surface area contributed by atoms with Gasteiger partial charge in [0, 0.05) is 18.2 Å². The highest BCUT2D eigenvalue weighted by Crippen LogP contribution is 2.10. The summed E-state index contributed by atoms with van der Waals surface area (Å²) in [6.07, 6.45) is 0. The summed E-state index contributed by atoms with van der Waals surface area (Å²) in [6, 6.07) is 5.70. The molecule has 0 amide bonds. The van der Waals surface area contributed by atoms with E-state index in [4.69, 9.17) is 5.73 Å². The number of anilines is 1. The van der Waals surface area contributed by atoms with E-state index >= 15 is 0 Å². The Morgan fingerprint density at radius 2 is 2.20 bits per heavy atom. The van der Waals surface area contributed by atoms with Gasteiger partial charge in [0.1, 0.15) is 0 Å². The quantitative estimate of drug-likeness (QED) is 0.581. The summed E-state index contributed by atoms with van der Waals surface area (Å²) in [5, 5.41) is 0.0908. The minimum absolute atomic E-state index is 0.0908. The first-order valence-electron chi connectivity index (χ1n) is 4.57. The van der Waals surface area contributed by atoms with Crippen LogP contribution in [-0.2, 0) is 4.79 Å². The maximum absolute atomic E-state index is 10.6. The average molecular weight is 219 g/mol. The molecule has 0 bridgehead atoms. The zero-order chi connectivity index (χ0) is 11.3. The molecule has 0 aliphatic heterocycles. The average Bonchev–Trinajstić information content (AvgIpc) is 2.10. The number of thioether (sulfide) groups is 1. The maximum atomic E-state index is 10.6. The molecule has 0 aliphatic rings. The van der Waals surface area contributed by atoms with Gasteiger partial charge >= 0.3 is 0 Å². The van der Waals surface area contributed by atoms with E-state index in [1.807, 2.05) is 25.1 Å². The van der Waals surface area contributed by atoms with Gasteiger partial charge < -0.3 is 5.73 Å². The van der Waals surface area contributed by atoms with E-state index < -0.39 is 0 Å². The molecule has 15 heavy (non-hydrogen) atoms. The standard InChI is InChI=1S/C12H13NOS/c1-9-6-11(8-12(13)7-9)4-3-5-15-10(2)14/h6-8H,5,13H2,1-2H3. The fourth-order valence-corrected chi connectivity index (χ4v) is 1.51. The lowest BCUT2D eigenvalue weighted by Gasteiger charge is -1.97. The third-order valence-corrected chi connectivity index (χ3v) is 2.38. The van der Waals surface area contributed by atoms with Crippen molar-refractivity contribution in [3.8, 4) is 11.8 Å². The van der Waals surface area contributed by atoms with Crippen LogP contribution >= 0.6 is 11.8 Å². The minimum Gasteiger partial charge on any atom is -0.399 e. The van der Waals surface area contributed by atoms with Crippen LogP contribution in [0.5, 0.6) is 0 Å². The van der Waals surface area contributed by atoms with Gasteiger partial charge in [-0.1, -0.05) is 23.6 Å². The molecule has 2 nitrogen and oxygen atoms in total. The van der Waals surface area contributed by atoms with Crippen molar-refractivity contribution in [3.63, 3.8) is 0 Å². The van der Waals surface area contributed by atoms with E-state index in [1.165, 1.54) is 18.7 Å². The molecule has 2 N–H and O–H groups in total. The number of benzene rings is 1. The van der Waals surface area contributed by atoms with Crippen molar-refractivity contribution in [3.05, 3.63) is 29.3 Å². The molecule has 0 fully saturated rings. The highest BCUT2D eigenvalue weighted by molar-refractivity contribution is 8.13. The lowest BCUT2D eigenvalue weighted by molar-refractivity contribution is -0.109. The van der Waals surface area contributed by atoms with Crippen molar-refractivity contribution in [2.45, 2.75) is 13.8 Å². The lowest BCUT2D eigenvalue weighted by atomic mass is 10.1. The number of nitrogen functional groups attached to an aromatic ring is 1. The normalized spacial score (nSPS) is 9.20. The zero-order valence-corrected chi connectivity index (χ0v) is 9.65. The number of carbonyl (C=O) groups is 1. The van der Waals surface area contributed by atoms with Crippen LogP contribution in [-0.4, -0.2) is 10.9 Å².